The highest BCUT2D eigenvalue weighted by molar-refractivity contribution is 7.91. The van der Waals surface area contributed by atoms with Crippen molar-refractivity contribution < 1.29 is 8.42 Å². The van der Waals surface area contributed by atoms with Crippen molar-refractivity contribution in [3.8, 4) is 0 Å². The second-order valence-corrected chi connectivity index (χ2v) is 6.61. The van der Waals surface area contributed by atoms with E-state index in [4.69, 9.17) is 5.73 Å². The van der Waals surface area contributed by atoms with Crippen LogP contribution in [0.5, 0.6) is 0 Å². The smallest absolute Gasteiger partial charge is 0.222 e. The molecule has 1 aliphatic heterocycles. The van der Waals surface area contributed by atoms with Crippen LogP contribution in [0.25, 0.3) is 0 Å². The first-order chi connectivity index (χ1) is 7.87. The Balaban J connectivity index is 2.29. The molecule has 0 saturated carbocycles. The van der Waals surface area contributed by atoms with Gasteiger partial charge in [-0.2, -0.15) is 4.98 Å². The van der Waals surface area contributed by atoms with Crippen LogP contribution in [-0.4, -0.2) is 42.5 Å². The first-order valence-electron chi connectivity index (χ1n) is 5.45. The molecular weight excluding hydrogens is 240 g/mol. The summed E-state index contributed by atoms with van der Waals surface area (Å²) in [5.74, 6) is 1.26. The summed E-state index contributed by atoms with van der Waals surface area (Å²) in [5.41, 5.74) is 6.38. The van der Waals surface area contributed by atoms with E-state index in [0.29, 0.717) is 12.4 Å². The molecule has 0 aliphatic carbocycles. The average molecular weight is 256 g/mol. The van der Waals surface area contributed by atoms with Crippen molar-refractivity contribution in [2.45, 2.75) is 19.9 Å². The normalized spacial score (nSPS) is 23.6. The van der Waals surface area contributed by atoms with Gasteiger partial charge in [0.05, 0.1) is 11.5 Å². The molecule has 17 heavy (non-hydrogen) atoms. The van der Waals surface area contributed by atoms with Crippen LogP contribution in [-0.2, 0) is 9.84 Å². The summed E-state index contributed by atoms with van der Waals surface area (Å²) in [5, 5.41) is 0. The molecule has 6 nitrogen and oxygen atoms in total. The molecule has 2 N–H and O–H groups in total. The molecule has 0 aromatic carbocycles. The number of aromatic nitrogens is 2. The quantitative estimate of drug-likeness (QED) is 0.760. The molecule has 0 radical (unpaired) electrons. The fraction of sp³-hybridized carbons (Fsp3) is 0.600. The lowest BCUT2D eigenvalue weighted by atomic mass is 10.3. The maximum absolute atomic E-state index is 11.5. The molecular formula is C10H16N4O2S. The lowest BCUT2D eigenvalue weighted by Crippen LogP contribution is -2.47. The zero-order chi connectivity index (χ0) is 12.6. The van der Waals surface area contributed by atoms with Crippen molar-refractivity contribution in [2.24, 2.45) is 0 Å². The molecule has 2 rings (SSSR count). The third kappa shape index (κ3) is 2.66. The number of hydrogen-bond acceptors (Lipinski definition) is 6. The van der Waals surface area contributed by atoms with E-state index in [9.17, 15) is 8.42 Å². The van der Waals surface area contributed by atoms with Crippen LogP contribution in [0, 0.1) is 6.92 Å². The van der Waals surface area contributed by atoms with Crippen molar-refractivity contribution >= 4 is 21.6 Å². The summed E-state index contributed by atoms with van der Waals surface area (Å²) >= 11 is 0. The largest absolute Gasteiger partial charge is 0.368 e. The van der Waals surface area contributed by atoms with E-state index in [1.54, 1.807) is 0 Å². The third-order valence-corrected chi connectivity index (χ3v) is 4.62. The van der Waals surface area contributed by atoms with Crippen molar-refractivity contribution in [1.82, 2.24) is 9.97 Å². The highest BCUT2D eigenvalue weighted by Crippen LogP contribution is 2.20. The van der Waals surface area contributed by atoms with Gasteiger partial charge in [0.15, 0.2) is 9.84 Å². The molecule has 94 valence electrons. The van der Waals surface area contributed by atoms with Crippen molar-refractivity contribution in [1.29, 1.82) is 0 Å². The molecule has 0 amide bonds. The minimum atomic E-state index is -2.91. The van der Waals surface area contributed by atoms with E-state index in [0.717, 1.165) is 5.69 Å². The van der Waals surface area contributed by atoms with Gasteiger partial charge in [0.1, 0.15) is 5.82 Å². The zero-order valence-electron chi connectivity index (χ0n) is 9.92. The van der Waals surface area contributed by atoms with Gasteiger partial charge in [-0.3, -0.25) is 0 Å². The summed E-state index contributed by atoms with van der Waals surface area (Å²) in [6.07, 6.45) is 0. The van der Waals surface area contributed by atoms with Crippen LogP contribution in [0.1, 0.15) is 12.6 Å². The molecule has 1 aromatic rings. The lowest BCUT2D eigenvalue weighted by Gasteiger charge is -2.34. The highest BCUT2D eigenvalue weighted by Gasteiger charge is 2.29. The molecule has 1 aliphatic rings. The van der Waals surface area contributed by atoms with Gasteiger partial charge in [-0.15, -0.1) is 0 Å². The second-order valence-electron chi connectivity index (χ2n) is 4.38. The van der Waals surface area contributed by atoms with Gasteiger partial charge in [-0.05, 0) is 13.8 Å². The van der Waals surface area contributed by atoms with Crippen LogP contribution in [0.3, 0.4) is 0 Å². The van der Waals surface area contributed by atoms with Gasteiger partial charge in [-0.1, -0.05) is 0 Å². The van der Waals surface area contributed by atoms with E-state index in [-0.39, 0.29) is 23.5 Å². The minimum absolute atomic E-state index is 0.0811. The average Bonchev–Trinajstić information content (AvgIpc) is 2.13. The molecule has 7 heteroatoms. The first kappa shape index (κ1) is 12.1. The summed E-state index contributed by atoms with van der Waals surface area (Å²) in [6.45, 7) is 4.18. The van der Waals surface area contributed by atoms with Crippen LogP contribution in [0.2, 0.25) is 0 Å². The van der Waals surface area contributed by atoms with Crippen LogP contribution in [0.15, 0.2) is 6.07 Å². The van der Waals surface area contributed by atoms with E-state index in [1.807, 2.05) is 24.8 Å². The number of nitrogens with two attached hydrogens (primary N) is 1. The van der Waals surface area contributed by atoms with Gasteiger partial charge < -0.3 is 10.6 Å². The lowest BCUT2D eigenvalue weighted by molar-refractivity contribution is 0.567. The monoisotopic (exact) mass is 256 g/mol. The molecule has 1 fully saturated rings. The Labute approximate surface area is 101 Å². The number of hydrogen-bond donors (Lipinski definition) is 1. The van der Waals surface area contributed by atoms with Crippen LogP contribution in [0.4, 0.5) is 11.8 Å². The maximum atomic E-state index is 11.5. The SMILES string of the molecule is Cc1cc(N2CCS(=O)(=O)CC2C)nc(N)n1. The number of anilines is 2. The van der Waals surface area contributed by atoms with Gasteiger partial charge in [0.25, 0.3) is 0 Å². The number of aryl methyl sites for hydroxylation is 1. The Morgan fingerprint density at radius 2 is 2.18 bits per heavy atom. The fourth-order valence-electron chi connectivity index (χ4n) is 2.06. The Hall–Kier alpha value is -1.37. The van der Waals surface area contributed by atoms with Gasteiger partial charge >= 0.3 is 0 Å². The predicted octanol–water partition coefficient (Wildman–Crippen LogP) is -0.00948. The van der Waals surface area contributed by atoms with Crippen LogP contribution < -0.4 is 10.6 Å². The number of nitrogens with zero attached hydrogens (tertiary/aromatic N) is 3. The van der Waals surface area contributed by atoms with Gasteiger partial charge in [-0.25, -0.2) is 13.4 Å². The van der Waals surface area contributed by atoms with E-state index < -0.39 is 9.84 Å². The summed E-state index contributed by atoms with van der Waals surface area (Å²) < 4.78 is 23.0. The first-order valence-corrected chi connectivity index (χ1v) is 7.28. The Morgan fingerprint density at radius 3 is 2.76 bits per heavy atom. The summed E-state index contributed by atoms with van der Waals surface area (Å²) in [4.78, 5) is 10.1. The predicted molar refractivity (Wildman–Crippen MR) is 66.6 cm³/mol. The number of rotatable bonds is 1. The van der Waals surface area contributed by atoms with Gasteiger partial charge in [0, 0.05) is 24.3 Å². The van der Waals surface area contributed by atoms with Crippen molar-refractivity contribution in [3.05, 3.63) is 11.8 Å². The fourth-order valence-corrected chi connectivity index (χ4v) is 3.62. The number of sulfone groups is 1. The summed E-state index contributed by atoms with van der Waals surface area (Å²) in [6, 6.07) is 1.74. The molecule has 1 atom stereocenters. The summed E-state index contributed by atoms with van der Waals surface area (Å²) in [7, 11) is -2.91. The van der Waals surface area contributed by atoms with Crippen molar-refractivity contribution in [3.63, 3.8) is 0 Å². The number of nitrogen functional groups attached to an aromatic ring is 1. The Morgan fingerprint density at radius 1 is 1.47 bits per heavy atom. The molecule has 1 aromatic heterocycles. The standard InChI is InChI=1S/C10H16N4O2S/c1-7-5-9(13-10(11)12-7)14-3-4-17(15,16)6-8(14)2/h5,8H,3-4,6H2,1-2H3,(H2,11,12,13). The van der Waals surface area contributed by atoms with E-state index >= 15 is 0 Å². The third-order valence-electron chi connectivity index (χ3n) is 2.82. The topological polar surface area (TPSA) is 89.2 Å². The molecule has 1 unspecified atom stereocenters. The maximum Gasteiger partial charge on any atom is 0.222 e. The molecule has 0 bridgehead atoms. The van der Waals surface area contributed by atoms with Crippen molar-refractivity contribution in [2.75, 3.05) is 28.7 Å². The van der Waals surface area contributed by atoms with Crippen LogP contribution >= 0.6 is 0 Å². The molecule has 2 heterocycles. The van der Waals surface area contributed by atoms with E-state index in [1.165, 1.54) is 0 Å². The highest BCUT2D eigenvalue weighted by atomic mass is 32.2. The minimum Gasteiger partial charge on any atom is -0.368 e. The van der Waals surface area contributed by atoms with Gasteiger partial charge in [0.2, 0.25) is 5.95 Å². The Bertz CT molecular complexity index is 509. The van der Waals surface area contributed by atoms with E-state index in [2.05, 4.69) is 9.97 Å². The molecule has 1 saturated heterocycles. The zero-order valence-corrected chi connectivity index (χ0v) is 10.7. The molecule has 0 spiro atoms. The Kier molecular flexibility index (Phi) is 2.94. The second kappa shape index (κ2) is 4.14.